The number of hydrogen-bond donors (Lipinski definition) is 2. The number of carboxylic acid groups (broad SMARTS) is 1. The summed E-state index contributed by atoms with van der Waals surface area (Å²) in [7, 11) is 0. The minimum atomic E-state index is -1.23. The second-order valence-corrected chi connectivity index (χ2v) is 6.02. The summed E-state index contributed by atoms with van der Waals surface area (Å²) < 4.78 is 19.0. The Kier molecular flexibility index (Phi) is 4.70. The molecule has 3 rings (SSSR count). The summed E-state index contributed by atoms with van der Waals surface area (Å²) in [6.45, 7) is 1.94. The third-order valence-electron chi connectivity index (χ3n) is 4.32. The van der Waals surface area contributed by atoms with Crippen molar-refractivity contribution in [3.63, 3.8) is 0 Å². The number of carboxylic acids is 1. The van der Waals surface area contributed by atoms with E-state index in [0.29, 0.717) is 29.9 Å². The van der Waals surface area contributed by atoms with E-state index in [9.17, 15) is 19.1 Å². The van der Waals surface area contributed by atoms with Crippen molar-refractivity contribution in [2.24, 2.45) is 0 Å². The Bertz CT molecular complexity index is 821. The van der Waals surface area contributed by atoms with Gasteiger partial charge in [-0.25, -0.2) is 9.18 Å². The molecular weight excluding hydrogens is 325 g/mol. The zero-order chi connectivity index (χ0) is 18.0. The number of hydrogen-bond acceptors (Lipinski definition) is 3. The van der Waals surface area contributed by atoms with Gasteiger partial charge < -0.3 is 15.2 Å². The van der Waals surface area contributed by atoms with Gasteiger partial charge in [0.1, 0.15) is 11.6 Å². The number of aliphatic carboxylic acids is 1. The molecule has 2 N–H and O–H groups in total. The van der Waals surface area contributed by atoms with Gasteiger partial charge in [-0.3, -0.25) is 4.79 Å². The molecule has 0 saturated heterocycles. The fourth-order valence-electron chi connectivity index (χ4n) is 2.99. The molecule has 2 unspecified atom stereocenters. The summed E-state index contributed by atoms with van der Waals surface area (Å²) in [4.78, 5) is 24.3. The van der Waals surface area contributed by atoms with Crippen molar-refractivity contribution in [2.45, 2.75) is 25.3 Å². The zero-order valence-corrected chi connectivity index (χ0v) is 13.7. The third kappa shape index (κ3) is 3.47. The van der Waals surface area contributed by atoms with E-state index >= 15 is 0 Å². The molecule has 5 nitrogen and oxygen atoms in total. The lowest BCUT2D eigenvalue weighted by Crippen LogP contribution is -2.38. The van der Waals surface area contributed by atoms with Crippen LogP contribution in [0, 0.1) is 12.7 Å². The normalized spacial score (nSPS) is 17.1. The Hall–Kier alpha value is -2.89. The molecule has 0 spiro atoms. The summed E-state index contributed by atoms with van der Waals surface area (Å²) in [6, 6.07) is 10.00. The van der Waals surface area contributed by atoms with E-state index in [-0.39, 0.29) is 5.91 Å². The number of fused-ring (bicyclic) bond motifs is 1. The van der Waals surface area contributed by atoms with Crippen LogP contribution in [-0.4, -0.2) is 23.6 Å². The highest BCUT2D eigenvalue weighted by Crippen LogP contribution is 2.34. The van der Waals surface area contributed by atoms with Gasteiger partial charge in [0, 0.05) is 5.56 Å². The number of amides is 1. The number of carbonyl (C=O) groups excluding carboxylic acids is 1. The highest BCUT2D eigenvalue weighted by Gasteiger charge is 2.31. The Labute approximate surface area is 144 Å². The average Bonchev–Trinajstić information content (AvgIpc) is 2.61. The first kappa shape index (κ1) is 17.0. The molecule has 130 valence electrons. The molecule has 1 aliphatic rings. The first-order valence-corrected chi connectivity index (χ1v) is 7.98. The number of benzene rings is 2. The lowest BCUT2D eigenvalue weighted by Gasteiger charge is -2.26. The van der Waals surface area contributed by atoms with E-state index in [1.54, 1.807) is 19.1 Å². The van der Waals surface area contributed by atoms with Crippen molar-refractivity contribution in [2.75, 3.05) is 6.61 Å². The molecule has 0 aromatic heterocycles. The van der Waals surface area contributed by atoms with Gasteiger partial charge in [0.25, 0.3) is 0 Å². The van der Waals surface area contributed by atoms with Gasteiger partial charge in [-0.15, -0.1) is 0 Å². The topological polar surface area (TPSA) is 75.6 Å². The first-order valence-electron chi connectivity index (χ1n) is 7.98. The van der Waals surface area contributed by atoms with E-state index in [0.717, 1.165) is 5.56 Å². The maximum Gasteiger partial charge on any atom is 0.330 e. The van der Waals surface area contributed by atoms with Crippen LogP contribution in [0.15, 0.2) is 42.5 Å². The number of carbonyl (C=O) groups is 2. The number of nitrogens with one attached hydrogen (secondary N) is 1. The average molecular weight is 343 g/mol. The van der Waals surface area contributed by atoms with Gasteiger partial charge in [-0.1, -0.05) is 30.3 Å². The molecular formula is C19H18FNO4. The van der Waals surface area contributed by atoms with Crippen LogP contribution in [-0.2, 0) is 9.59 Å². The van der Waals surface area contributed by atoms with Gasteiger partial charge in [-0.2, -0.15) is 0 Å². The van der Waals surface area contributed by atoms with E-state index in [1.807, 2.05) is 12.1 Å². The summed E-state index contributed by atoms with van der Waals surface area (Å²) >= 11 is 0. The van der Waals surface area contributed by atoms with Crippen molar-refractivity contribution < 1.29 is 23.8 Å². The Balaban J connectivity index is 1.85. The van der Waals surface area contributed by atoms with Crippen LogP contribution in [0.4, 0.5) is 4.39 Å². The van der Waals surface area contributed by atoms with E-state index in [2.05, 4.69) is 5.32 Å². The molecule has 0 aliphatic carbocycles. The lowest BCUT2D eigenvalue weighted by atomic mass is 9.91. The molecule has 1 amide bonds. The predicted molar refractivity (Wildman–Crippen MR) is 89.0 cm³/mol. The molecule has 6 heteroatoms. The summed E-state index contributed by atoms with van der Waals surface area (Å²) in [5, 5.41) is 12.1. The molecule has 2 aromatic rings. The van der Waals surface area contributed by atoms with E-state index in [4.69, 9.17) is 4.74 Å². The maximum absolute atomic E-state index is 13.4. The van der Waals surface area contributed by atoms with Gasteiger partial charge in [0.15, 0.2) is 6.04 Å². The van der Waals surface area contributed by atoms with Crippen LogP contribution < -0.4 is 10.1 Å². The molecule has 0 radical (unpaired) electrons. The summed E-state index contributed by atoms with van der Waals surface area (Å²) in [6.07, 6.45) is 0.470. The second-order valence-electron chi connectivity index (χ2n) is 6.02. The predicted octanol–water partition coefficient (Wildman–Crippen LogP) is 2.94. The van der Waals surface area contributed by atoms with Crippen molar-refractivity contribution in [1.29, 1.82) is 0 Å². The maximum atomic E-state index is 13.4. The highest BCUT2D eigenvalue weighted by molar-refractivity contribution is 5.89. The molecule has 0 fully saturated rings. The molecule has 25 heavy (non-hydrogen) atoms. The van der Waals surface area contributed by atoms with Crippen molar-refractivity contribution in [1.82, 2.24) is 5.32 Å². The number of para-hydroxylation sites is 1. The van der Waals surface area contributed by atoms with Crippen LogP contribution in [0.1, 0.15) is 35.1 Å². The van der Waals surface area contributed by atoms with Gasteiger partial charge >= 0.3 is 5.97 Å². The van der Waals surface area contributed by atoms with Gasteiger partial charge in [0.05, 0.1) is 12.5 Å². The monoisotopic (exact) mass is 343 g/mol. The number of rotatable bonds is 4. The summed E-state index contributed by atoms with van der Waals surface area (Å²) in [5.74, 6) is -1.84. The van der Waals surface area contributed by atoms with Crippen molar-refractivity contribution in [3.05, 3.63) is 65.0 Å². The molecule has 1 heterocycles. The molecule has 2 aromatic carbocycles. The minimum absolute atomic E-state index is 0.328. The third-order valence-corrected chi connectivity index (χ3v) is 4.32. The Morgan fingerprint density at radius 2 is 2.04 bits per heavy atom. The quantitative estimate of drug-likeness (QED) is 0.895. The number of halogens is 1. The van der Waals surface area contributed by atoms with Gasteiger partial charge in [-0.05, 0) is 36.6 Å². The van der Waals surface area contributed by atoms with Crippen LogP contribution in [0.5, 0.6) is 5.75 Å². The Morgan fingerprint density at radius 3 is 2.76 bits per heavy atom. The number of ether oxygens (including phenoxy) is 1. The lowest BCUT2D eigenvalue weighted by molar-refractivity contribution is -0.142. The molecule has 0 bridgehead atoms. The second kappa shape index (κ2) is 6.93. The van der Waals surface area contributed by atoms with Crippen molar-refractivity contribution in [3.8, 4) is 5.75 Å². The zero-order valence-electron chi connectivity index (χ0n) is 13.7. The van der Waals surface area contributed by atoms with E-state index in [1.165, 1.54) is 18.2 Å². The van der Waals surface area contributed by atoms with E-state index < -0.39 is 23.7 Å². The van der Waals surface area contributed by atoms with Crippen molar-refractivity contribution >= 4 is 11.9 Å². The fourth-order valence-corrected chi connectivity index (χ4v) is 2.99. The van der Waals surface area contributed by atoms with Crippen LogP contribution in [0.2, 0.25) is 0 Å². The van der Waals surface area contributed by atoms with Gasteiger partial charge in [0.2, 0.25) is 5.91 Å². The Morgan fingerprint density at radius 1 is 1.28 bits per heavy atom. The number of aryl methyl sites for hydroxylation is 1. The minimum Gasteiger partial charge on any atom is -0.493 e. The highest BCUT2D eigenvalue weighted by atomic mass is 19.1. The fraction of sp³-hybridized carbons (Fsp3) is 0.263. The largest absolute Gasteiger partial charge is 0.493 e. The molecule has 2 atom stereocenters. The SMILES string of the molecule is Cc1cc(C(NC(=O)C2CCOc3ccccc32)C(=O)O)ccc1F. The summed E-state index contributed by atoms with van der Waals surface area (Å²) in [5.41, 5.74) is 1.40. The smallest absolute Gasteiger partial charge is 0.330 e. The van der Waals surface area contributed by atoms with Crippen LogP contribution in [0.3, 0.4) is 0 Å². The standard InChI is InChI=1S/C19H18FNO4/c1-11-10-12(6-7-15(11)20)17(19(23)24)21-18(22)14-8-9-25-16-5-3-2-4-13(14)16/h2-7,10,14,17H,8-9H2,1H3,(H,21,22)(H,23,24). The first-order chi connectivity index (χ1) is 12.0. The molecule has 1 aliphatic heterocycles. The molecule has 0 saturated carbocycles. The van der Waals surface area contributed by atoms with Crippen LogP contribution >= 0.6 is 0 Å². The van der Waals surface area contributed by atoms with Crippen LogP contribution in [0.25, 0.3) is 0 Å².